The molecule has 0 amide bonds. The fraction of sp³-hybridized carbons (Fsp3) is 0.750. The van der Waals surface area contributed by atoms with Gasteiger partial charge in [0.25, 0.3) is 0 Å². The molecule has 1 aromatic heterocycles. The molecular weight excluding hydrogens is 273 g/mol. The predicted molar refractivity (Wildman–Crippen MR) is 62.8 cm³/mol. The third-order valence-corrected chi connectivity index (χ3v) is 3.83. The number of hydrogen-bond acceptors (Lipinski definition) is 5. The normalized spacial score (nSPS) is 12.1. The Kier molecular flexibility index (Phi) is 5.60. The largest absolute Gasteiger partial charge is 0.441 e. The second kappa shape index (κ2) is 6.50. The van der Waals surface area contributed by atoms with Gasteiger partial charge in [-0.1, -0.05) is 23.5 Å². The zero-order valence-corrected chi connectivity index (χ0v) is 10.8. The van der Waals surface area contributed by atoms with E-state index >= 15 is 0 Å². The molecule has 0 saturated carbocycles. The van der Waals surface area contributed by atoms with E-state index in [1.807, 2.05) is 11.5 Å². The highest BCUT2D eigenvalue weighted by molar-refractivity contribution is 8.03. The molecule has 0 atom stereocenters. The Hall–Kier alpha value is -0.410. The molecule has 0 radical (unpaired) electrons. The van der Waals surface area contributed by atoms with Crippen molar-refractivity contribution in [2.45, 2.75) is 30.7 Å². The summed E-state index contributed by atoms with van der Waals surface area (Å²) in [4.78, 5) is 0. The Labute approximate surface area is 106 Å². The predicted octanol–water partition coefficient (Wildman–Crippen LogP) is 2.10. The van der Waals surface area contributed by atoms with Gasteiger partial charge in [0.05, 0.1) is 6.54 Å². The van der Waals surface area contributed by atoms with Crippen molar-refractivity contribution in [1.82, 2.24) is 14.8 Å². The molecule has 0 aromatic carbocycles. The lowest BCUT2D eigenvalue weighted by atomic mass is 10.6. The van der Waals surface area contributed by atoms with Crippen molar-refractivity contribution >= 4 is 23.5 Å². The Morgan fingerprint density at radius 2 is 2.00 bits per heavy atom. The monoisotopic (exact) mass is 286 g/mol. The van der Waals surface area contributed by atoms with E-state index in [9.17, 15) is 13.2 Å². The van der Waals surface area contributed by atoms with Crippen LogP contribution in [0.1, 0.15) is 12.7 Å². The van der Waals surface area contributed by atoms with Crippen LogP contribution >= 0.6 is 23.5 Å². The zero-order chi connectivity index (χ0) is 12.9. The number of hydrogen-bond donors (Lipinski definition) is 1. The van der Waals surface area contributed by atoms with Crippen molar-refractivity contribution in [2.75, 3.05) is 11.5 Å². The number of nitrogens with zero attached hydrogens (tertiary/aromatic N) is 3. The van der Waals surface area contributed by atoms with Crippen molar-refractivity contribution in [2.24, 2.45) is 5.73 Å². The molecular formula is C8H13F3N4S2. The third kappa shape index (κ3) is 4.76. The molecule has 1 rings (SSSR count). The van der Waals surface area contributed by atoms with E-state index in [1.165, 1.54) is 11.8 Å². The van der Waals surface area contributed by atoms with Crippen LogP contribution in [0.25, 0.3) is 0 Å². The van der Waals surface area contributed by atoms with Gasteiger partial charge in [0.2, 0.25) is 0 Å². The lowest BCUT2D eigenvalue weighted by molar-refractivity contribution is -0.0326. The molecule has 1 heterocycles. The maximum atomic E-state index is 11.9. The summed E-state index contributed by atoms with van der Waals surface area (Å²) in [6.07, 6.45) is 0. The highest BCUT2D eigenvalue weighted by Gasteiger charge is 2.27. The van der Waals surface area contributed by atoms with E-state index in [2.05, 4.69) is 10.2 Å². The molecule has 9 heteroatoms. The quantitative estimate of drug-likeness (QED) is 0.641. The lowest BCUT2D eigenvalue weighted by Crippen LogP contribution is -2.08. The average molecular weight is 286 g/mol. The number of thioether (sulfide) groups is 2. The van der Waals surface area contributed by atoms with Gasteiger partial charge in [-0.25, -0.2) is 0 Å². The minimum Gasteiger partial charge on any atom is -0.324 e. The van der Waals surface area contributed by atoms with E-state index in [0.29, 0.717) is 23.3 Å². The molecule has 0 aliphatic heterocycles. The minimum atomic E-state index is -4.17. The second-order valence-electron chi connectivity index (χ2n) is 2.99. The van der Waals surface area contributed by atoms with Crippen molar-refractivity contribution in [1.29, 1.82) is 0 Å². The first-order valence-corrected chi connectivity index (χ1v) is 6.90. The van der Waals surface area contributed by atoms with Gasteiger partial charge >= 0.3 is 5.51 Å². The highest BCUT2D eigenvalue weighted by atomic mass is 32.2. The van der Waals surface area contributed by atoms with Gasteiger partial charge in [-0.15, -0.1) is 10.2 Å². The van der Waals surface area contributed by atoms with Crippen molar-refractivity contribution in [3.8, 4) is 0 Å². The summed E-state index contributed by atoms with van der Waals surface area (Å²) in [5.41, 5.74) is 1.30. The molecule has 0 aliphatic rings. The fourth-order valence-electron chi connectivity index (χ4n) is 1.18. The summed E-state index contributed by atoms with van der Waals surface area (Å²) in [5, 5.41) is 8.39. The van der Waals surface area contributed by atoms with Crippen LogP contribution in [0, 0.1) is 0 Å². The van der Waals surface area contributed by atoms with Crippen molar-refractivity contribution in [3.63, 3.8) is 0 Å². The number of halogens is 3. The summed E-state index contributed by atoms with van der Waals surface area (Å²) >= 11 is 1.24. The first kappa shape index (κ1) is 14.7. The van der Waals surface area contributed by atoms with E-state index in [4.69, 9.17) is 5.73 Å². The lowest BCUT2D eigenvalue weighted by Gasteiger charge is -2.06. The van der Waals surface area contributed by atoms with E-state index in [0.717, 1.165) is 0 Å². The van der Waals surface area contributed by atoms with Gasteiger partial charge in [-0.2, -0.15) is 13.2 Å². The first-order chi connectivity index (χ1) is 7.98. The van der Waals surface area contributed by atoms with Crippen LogP contribution in [0.15, 0.2) is 5.16 Å². The summed E-state index contributed by atoms with van der Waals surface area (Å²) in [5.74, 6) is 0.994. The molecule has 17 heavy (non-hydrogen) atoms. The summed E-state index contributed by atoms with van der Waals surface area (Å²) in [6, 6.07) is 0. The number of nitrogens with two attached hydrogens (primary N) is 1. The Balaban J connectivity index is 2.44. The van der Waals surface area contributed by atoms with Crippen LogP contribution in [0.4, 0.5) is 13.2 Å². The van der Waals surface area contributed by atoms with Gasteiger partial charge in [-0.3, -0.25) is 0 Å². The van der Waals surface area contributed by atoms with Crippen LogP contribution in [0.2, 0.25) is 0 Å². The maximum Gasteiger partial charge on any atom is 0.441 e. The number of alkyl halides is 3. The second-order valence-corrected chi connectivity index (χ2v) is 5.21. The molecule has 0 spiro atoms. The summed E-state index contributed by atoms with van der Waals surface area (Å²) < 4.78 is 37.5. The van der Waals surface area contributed by atoms with E-state index < -0.39 is 5.51 Å². The number of rotatable bonds is 6. The van der Waals surface area contributed by atoms with E-state index in [1.54, 1.807) is 0 Å². The highest BCUT2D eigenvalue weighted by Crippen LogP contribution is 2.31. The SMILES string of the molecule is CCn1c(CN)nnc1SCCSC(F)(F)F. The summed E-state index contributed by atoms with van der Waals surface area (Å²) in [6.45, 7) is 2.85. The van der Waals surface area contributed by atoms with Crippen molar-refractivity contribution in [3.05, 3.63) is 5.82 Å². The van der Waals surface area contributed by atoms with Crippen LogP contribution < -0.4 is 5.73 Å². The fourth-order valence-corrected chi connectivity index (χ4v) is 2.75. The van der Waals surface area contributed by atoms with E-state index in [-0.39, 0.29) is 24.1 Å². The molecule has 0 unspecified atom stereocenters. The van der Waals surface area contributed by atoms with Crippen LogP contribution in [-0.4, -0.2) is 31.8 Å². The van der Waals surface area contributed by atoms with Crippen molar-refractivity contribution < 1.29 is 13.2 Å². The van der Waals surface area contributed by atoms with Gasteiger partial charge in [0.15, 0.2) is 5.16 Å². The van der Waals surface area contributed by atoms with Gasteiger partial charge < -0.3 is 10.3 Å². The van der Waals surface area contributed by atoms with Gasteiger partial charge in [-0.05, 0) is 6.92 Å². The molecule has 4 nitrogen and oxygen atoms in total. The standard InChI is InChI=1S/C8H13F3N4S2/c1-2-15-6(5-12)13-14-7(15)16-3-4-17-8(9,10)11/h2-5,12H2,1H3. The van der Waals surface area contributed by atoms with Crippen LogP contribution in [0.5, 0.6) is 0 Å². The molecule has 0 saturated heterocycles. The topological polar surface area (TPSA) is 56.7 Å². The molecule has 0 aliphatic carbocycles. The molecule has 0 bridgehead atoms. The van der Waals surface area contributed by atoms with Gasteiger partial charge in [0, 0.05) is 18.1 Å². The minimum absolute atomic E-state index is 0.00268. The molecule has 98 valence electrons. The molecule has 1 aromatic rings. The Bertz CT molecular complexity index is 353. The zero-order valence-electron chi connectivity index (χ0n) is 9.20. The van der Waals surface area contributed by atoms with Gasteiger partial charge in [0.1, 0.15) is 5.82 Å². The van der Waals surface area contributed by atoms with Crippen LogP contribution in [0.3, 0.4) is 0 Å². The smallest absolute Gasteiger partial charge is 0.324 e. The molecule has 0 fully saturated rings. The third-order valence-electron chi connectivity index (χ3n) is 1.87. The Morgan fingerprint density at radius 3 is 2.53 bits per heavy atom. The average Bonchev–Trinajstić information content (AvgIpc) is 2.65. The number of aromatic nitrogens is 3. The molecule has 2 N–H and O–H groups in total. The van der Waals surface area contributed by atoms with Crippen LogP contribution in [-0.2, 0) is 13.1 Å². The Morgan fingerprint density at radius 1 is 1.29 bits per heavy atom. The maximum absolute atomic E-state index is 11.9. The first-order valence-electron chi connectivity index (χ1n) is 4.93. The summed E-state index contributed by atoms with van der Waals surface area (Å²) in [7, 11) is 0.